The summed E-state index contributed by atoms with van der Waals surface area (Å²) < 4.78 is 15.9. The Morgan fingerprint density at radius 3 is 2.87 bits per heavy atom. The number of aryl methyl sites for hydroxylation is 2. The maximum absolute atomic E-state index is 13.7. The van der Waals surface area contributed by atoms with Crippen LogP contribution >= 0.6 is 15.9 Å². The SMILES string of the molecule is Cc1cc(C)n2nc(C(=O)NCc3cc(Br)ccc3F)nc2n1. The minimum atomic E-state index is -0.480. The van der Waals surface area contributed by atoms with E-state index in [1.807, 2.05) is 19.9 Å². The summed E-state index contributed by atoms with van der Waals surface area (Å²) in [6.07, 6.45) is 0. The second kappa shape index (κ2) is 6.04. The largest absolute Gasteiger partial charge is 0.345 e. The molecule has 6 nitrogen and oxygen atoms in total. The molecule has 0 saturated carbocycles. The van der Waals surface area contributed by atoms with E-state index in [1.54, 1.807) is 12.1 Å². The standard InChI is InChI=1S/C15H13BrFN5O/c1-8-5-9(2)22-15(19-8)20-13(21-22)14(23)18-7-10-6-11(16)3-4-12(10)17/h3-6H,7H2,1-2H3,(H,18,23). The topological polar surface area (TPSA) is 72.2 Å². The molecule has 118 valence electrons. The normalized spacial score (nSPS) is 11.0. The molecule has 8 heteroatoms. The smallest absolute Gasteiger partial charge is 0.291 e. The van der Waals surface area contributed by atoms with Crippen molar-refractivity contribution in [2.45, 2.75) is 20.4 Å². The first kappa shape index (κ1) is 15.5. The minimum absolute atomic E-state index is 0.00149. The summed E-state index contributed by atoms with van der Waals surface area (Å²) in [7, 11) is 0. The van der Waals surface area contributed by atoms with Crippen molar-refractivity contribution < 1.29 is 9.18 Å². The van der Waals surface area contributed by atoms with E-state index in [-0.39, 0.29) is 18.2 Å². The van der Waals surface area contributed by atoms with Crippen molar-refractivity contribution in [3.63, 3.8) is 0 Å². The Balaban J connectivity index is 1.81. The van der Waals surface area contributed by atoms with E-state index in [0.29, 0.717) is 11.3 Å². The van der Waals surface area contributed by atoms with E-state index in [4.69, 9.17) is 0 Å². The molecular weight excluding hydrogens is 365 g/mol. The van der Waals surface area contributed by atoms with Crippen LogP contribution in [0.15, 0.2) is 28.7 Å². The number of fused-ring (bicyclic) bond motifs is 1. The summed E-state index contributed by atoms with van der Waals surface area (Å²) in [4.78, 5) is 20.5. The molecule has 0 saturated heterocycles. The lowest BCUT2D eigenvalue weighted by Crippen LogP contribution is -2.24. The van der Waals surface area contributed by atoms with Gasteiger partial charge in [0.05, 0.1) is 0 Å². The van der Waals surface area contributed by atoms with E-state index in [2.05, 4.69) is 36.3 Å². The zero-order chi connectivity index (χ0) is 16.6. The van der Waals surface area contributed by atoms with Crippen LogP contribution in [0.5, 0.6) is 0 Å². The number of halogens is 2. The van der Waals surface area contributed by atoms with E-state index in [9.17, 15) is 9.18 Å². The molecule has 0 atom stereocenters. The van der Waals surface area contributed by atoms with Gasteiger partial charge in [-0.1, -0.05) is 15.9 Å². The van der Waals surface area contributed by atoms with Crippen molar-refractivity contribution in [3.8, 4) is 0 Å². The van der Waals surface area contributed by atoms with Crippen molar-refractivity contribution in [2.75, 3.05) is 0 Å². The molecule has 2 heterocycles. The quantitative estimate of drug-likeness (QED) is 0.761. The molecule has 0 aliphatic rings. The Morgan fingerprint density at radius 1 is 1.30 bits per heavy atom. The Labute approximate surface area is 139 Å². The first-order valence-corrected chi connectivity index (χ1v) is 7.66. The van der Waals surface area contributed by atoms with Crippen molar-refractivity contribution in [3.05, 3.63) is 57.3 Å². The lowest BCUT2D eigenvalue weighted by atomic mass is 10.2. The third-order valence-corrected chi connectivity index (χ3v) is 3.76. The molecule has 1 N–H and O–H groups in total. The van der Waals surface area contributed by atoms with Crippen LogP contribution in [0, 0.1) is 19.7 Å². The molecular formula is C15H13BrFN5O. The molecule has 0 radical (unpaired) electrons. The highest BCUT2D eigenvalue weighted by Crippen LogP contribution is 2.15. The molecule has 0 spiro atoms. The van der Waals surface area contributed by atoms with Crippen LogP contribution in [0.3, 0.4) is 0 Å². The number of nitrogens with one attached hydrogen (secondary N) is 1. The summed E-state index contributed by atoms with van der Waals surface area (Å²) in [6.45, 7) is 3.75. The summed E-state index contributed by atoms with van der Waals surface area (Å²) in [5.74, 6) is -0.501. The van der Waals surface area contributed by atoms with Crippen LogP contribution in [-0.4, -0.2) is 25.5 Å². The van der Waals surface area contributed by atoms with Crippen LogP contribution in [0.4, 0.5) is 4.39 Å². The second-order valence-electron chi connectivity index (χ2n) is 5.10. The first-order valence-electron chi connectivity index (χ1n) is 6.87. The van der Waals surface area contributed by atoms with Crippen molar-refractivity contribution in [1.29, 1.82) is 0 Å². The Kier molecular flexibility index (Phi) is 4.08. The minimum Gasteiger partial charge on any atom is -0.345 e. The molecule has 2 aromatic heterocycles. The monoisotopic (exact) mass is 377 g/mol. The summed E-state index contributed by atoms with van der Waals surface area (Å²) in [5, 5.41) is 6.75. The number of hydrogen-bond donors (Lipinski definition) is 1. The molecule has 0 bridgehead atoms. The van der Waals surface area contributed by atoms with E-state index in [0.717, 1.165) is 15.9 Å². The van der Waals surface area contributed by atoms with Gasteiger partial charge in [-0.15, -0.1) is 5.10 Å². The molecule has 0 fully saturated rings. The van der Waals surface area contributed by atoms with Crippen LogP contribution in [0.1, 0.15) is 27.6 Å². The fraction of sp³-hybridized carbons (Fsp3) is 0.200. The van der Waals surface area contributed by atoms with Crippen molar-refractivity contribution in [2.24, 2.45) is 0 Å². The predicted molar refractivity (Wildman–Crippen MR) is 85.5 cm³/mol. The molecule has 23 heavy (non-hydrogen) atoms. The van der Waals surface area contributed by atoms with Crippen LogP contribution in [-0.2, 0) is 6.54 Å². The third kappa shape index (κ3) is 3.21. The van der Waals surface area contributed by atoms with Gasteiger partial charge >= 0.3 is 0 Å². The van der Waals surface area contributed by atoms with E-state index >= 15 is 0 Å². The second-order valence-corrected chi connectivity index (χ2v) is 6.02. The fourth-order valence-corrected chi connectivity index (χ4v) is 2.60. The van der Waals surface area contributed by atoms with Crippen molar-refractivity contribution in [1.82, 2.24) is 24.9 Å². The van der Waals surface area contributed by atoms with Crippen LogP contribution in [0.25, 0.3) is 5.78 Å². The fourth-order valence-electron chi connectivity index (χ4n) is 2.20. The highest BCUT2D eigenvalue weighted by atomic mass is 79.9. The van der Waals surface area contributed by atoms with Gasteiger partial charge in [-0.2, -0.15) is 4.98 Å². The van der Waals surface area contributed by atoms with Crippen molar-refractivity contribution >= 4 is 27.6 Å². The average molecular weight is 378 g/mol. The van der Waals surface area contributed by atoms with Gasteiger partial charge in [-0.25, -0.2) is 13.9 Å². The number of carbonyl (C=O) groups is 1. The van der Waals surface area contributed by atoms with Gasteiger partial charge in [0.25, 0.3) is 11.7 Å². The zero-order valence-electron chi connectivity index (χ0n) is 12.5. The van der Waals surface area contributed by atoms with E-state index < -0.39 is 5.91 Å². The molecule has 0 unspecified atom stereocenters. The molecule has 1 aromatic carbocycles. The number of carbonyl (C=O) groups excluding carboxylic acids is 1. The van der Waals surface area contributed by atoms with E-state index in [1.165, 1.54) is 10.6 Å². The molecule has 1 amide bonds. The zero-order valence-corrected chi connectivity index (χ0v) is 14.1. The first-order chi connectivity index (χ1) is 10.9. The third-order valence-electron chi connectivity index (χ3n) is 3.27. The van der Waals surface area contributed by atoms with Gasteiger partial charge in [-0.05, 0) is 38.1 Å². The number of nitrogens with zero attached hydrogens (tertiary/aromatic N) is 4. The van der Waals surface area contributed by atoms with Gasteiger partial charge in [0.2, 0.25) is 5.82 Å². The number of rotatable bonds is 3. The Morgan fingerprint density at radius 2 is 2.09 bits per heavy atom. The molecule has 3 rings (SSSR count). The highest BCUT2D eigenvalue weighted by Gasteiger charge is 2.15. The number of benzene rings is 1. The van der Waals surface area contributed by atoms with Crippen LogP contribution in [0.2, 0.25) is 0 Å². The molecule has 0 aliphatic carbocycles. The average Bonchev–Trinajstić information content (AvgIpc) is 2.92. The number of amides is 1. The van der Waals surface area contributed by atoms with Gasteiger partial charge in [0.1, 0.15) is 5.82 Å². The number of aromatic nitrogens is 4. The molecule has 0 aliphatic heterocycles. The van der Waals surface area contributed by atoms with Crippen LogP contribution < -0.4 is 5.32 Å². The summed E-state index contributed by atoms with van der Waals surface area (Å²) >= 11 is 3.27. The maximum Gasteiger partial charge on any atom is 0.291 e. The lowest BCUT2D eigenvalue weighted by Gasteiger charge is -2.04. The molecule has 3 aromatic rings. The summed E-state index contributed by atoms with van der Waals surface area (Å²) in [6, 6.07) is 6.40. The van der Waals surface area contributed by atoms with Gasteiger partial charge < -0.3 is 5.32 Å². The Hall–Kier alpha value is -2.35. The van der Waals surface area contributed by atoms with Gasteiger partial charge in [0.15, 0.2) is 0 Å². The summed E-state index contributed by atoms with van der Waals surface area (Å²) in [5.41, 5.74) is 2.00. The van der Waals surface area contributed by atoms with Gasteiger partial charge in [0, 0.05) is 28.0 Å². The maximum atomic E-state index is 13.7. The Bertz CT molecular complexity index is 908. The predicted octanol–water partition coefficient (Wildman–Crippen LogP) is 2.57. The number of hydrogen-bond acceptors (Lipinski definition) is 4. The highest BCUT2D eigenvalue weighted by molar-refractivity contribution is 9.10. The lowest BCUT2D eigenvalue weighted by molar-refractivity contribution is 0.0940. The van der Waals surface area contributed by atoms with Gasteiger partial charge in [-0.3, -0.25) is 4.79 Å².